The molecule has 0 aliphatic carbocycles. The van der Waals surface area contributed by atoms with Gasteiger partial charge in [-0.2, -0.15) is 0 Å². The van der Waals surface area contributed by atoms with E-state index in [-0.39, 0.29) is 46.1 Å². The van der Waals surface area contributed by atoms with Gasteiger partial charge in [-0.15, -0.1) is 0 Å². The van der Waals surface area contributed by atoms with Gasteiger partial charge in [0.25, 0.3) is 7.14 Å². The minimum Gasteiger partial charge on any atom is -0.475 e. The first-order valence-electron chi connectivity index (χ1n) is 6.84. The third kappa shape index (κ3) is 3.65. The molecule has 3 aromatic rings. The van der Waals surface area contributed by atoms with E-state index in [0.717, 1.165) is 36.4 Å². The maximum Gasteiger partial charge on any atom is 0.371 e. The second kappa shape index (κ2) is 7.61. The summed E-state index contributed by atoms with van der Waals surface area (Å²) < 4.78 is 28.9. The quantitative estimate of drug-likeness (QED) is 0.396. The third-order valence-corrected chi connectivity index (χ3v) is 5.92. The molecule has 3 N–H and O–H groups in total. The summed E-state index contributed by atoms with van der Waals surface area (Å²) in [6.45, 7) is 0. The van der Waals surface area contributed by atoms with Gasteiger partial charge in [-0.25, -0.2) is 14.4 Å². The van der Waals surface area contributed by atoms with E-state index in [2.05, 4.69) is 0 Å². The molecule has 3 rings (SSSR count). The summed E-state index contributed by atoms with van der Waals surface area (Å²) in [6.07, 6.45) is 0. The van der Waals surface area contributed by atoms with Gasteiger partial charge in [0.15, 0.2) is 16.5 Å². The molecule has 0 amide bonds. The smallest absolute Gasteiger partial charge is 0.371 e. The molecular weight excluding hydrogens is 394 g/mol. The predicted octanol–water partition coefficient (Wildman–Crippen LogP) is 0.819. The van der Waals surface area contributed by atoms with Gasteiger partial charge in [0.2, 0.25) is 17.3 Å². The van der Waals surface area contributed by atoms with Crippen LogP contribution in [0.2, 0.25) is 0 Å². The molecule has 0 atom stereocenters. The fourth-order valence-corrected chi connectivity index (χ4v) is 4.35. The van der Waals surface area contributed by atoms with Crippen molar-refractivity contribution in [1.29, 1.82) is 0 Å². The molecule has 10 nitrogen and oxygen atoms in total. The minimum atomic E-state index is -4.12. The maximum absolute atomic E-state index is 13.7. The number of carboxylic acid groups (broad SMARTS) is 3. The first-order chi connectivity index (χ1) is 12.2. The van der Waals surface area contributed by atoms with Crippen molar-refractivity contribution in [2.75, 3.05) is 0 Å². The van der Waals surface area contributed by atoms with Crippen LogP contribution < -0.4 is 16.5 Å². The molecule has 0 aromatic carbocycles. The van der Waals surface area contributed by atoms with Gasteiger partial charge < -0.3 is 28.6 Å². The van der Waals surface area contributed by atoms with E-state index in [9.17, 15) is 18.9 Å². The molecule has 3 heterocycles. The molecule has 0 saturated heterocycles. The van der Waals surface area contributed by atoms with Gasteiger partial charge >= 0.3 is 17.9 Å². The van der Waals surface area contributed by atoms with Crippen LogP contribution in [0, 0.1) is 0 Å². The zero-order valence-corrected chi connectivity index (χ0v) is 16.5. The molecule has 1 radical (unpaired) electrons. The van der Waals surface area contributed by atoms with Crippen molar-refractivity contribution >= 4 is 71.1 Å². The Morgan fingerprint density at radius 2 is 0.889 bits per heavy atom. The van der Waals surface area contributed by atoms with E-state index in [1.165, 1.54) is 0 Å². The number of hydrogen-bond donors (Lipinski definition) is 3. The van der Waals surface area contributed by atoms with E-state index in [4.69, 9.17) is 28.6 Å². The number of rotatable bonds is 6. The van der Waals surface area contributed by atoms with Crippen molar-refractivity contribution in [2.45, 2.75) is 0 Å². The Bertz CT molecular complexity index is 938. The van der Waals surface area contributed by atoms with E-state index in [1.54, 1.807) is 0 Å². The summed E-state index contributed by atoms with van der Waals surface area (Å²) in [5, 5.41) is 26.9. The zero-order valence-electron chi connectivity index (χ0n) is 13.6. The van der Waals surface area contributed by atoms with Crippen LogP contribution in [-0.4, -0.2) is 62.8 Å². The first kappa shape index (κ1) is 20.8. The Labute approximate surface area is 172 Å². The summed E-state index contributed by atoms with van der Waals surface area (Å²) in [7, 11) is -4.12. The molecule has 0 aliphatic rings. The third-order valence-electron chi connectivity index (χ3n) is 3.34. The first-order valence-corrected chi connectivity index (χ1v) is 8.55. The monoisotopic (exact) mass is 403 g/mol. The van der Waals surface area contributed by atoms with Crippen molar-refractivity contribution in [3.63, 3.8) is 0 Å². The standard InChI is InChI=1S/C15H9O10P.Na/c16-13(17)7-1-4-10(23-7)26(22,11-5-2-8(24-11)14(18)19)12-6-3-9(25-12)15(20)21;/h1-6H,(H,16,17)(H,18,19)(H,20,21);. The van der Waals surface area contributed by atoms with Gasteiger partial charge in [-0.05, 0) is 36.4 Å². The molecule has 0 aliphatic heterocycles. The van der Waals surface area contributed by atoms with Crippen LogP contribution in [0.1, 0.15) is 31.7 Å². The molecule has 0 fully saturated rings. The Morgan fingerprint density at radius 3 is 1.07 bits per heavy atom. The Balaban J connectivity index is 0.00000261. The van der Waals surface area contributed by atoms with E-state index in [1.807, 2.05) is 0 Å². The van der Waals surface area contributed by atoms with Crippen molar-refractivity contribution in [1.82, 2.24) is 0 Å². The number of aromatic carboxylic acids is 3. The molecule has 0 unspecified atom stereocenters. The van der Waals surface area contributed by atoms with Crippen molar-refractivity contribution in [3.8, 4) is 0 Å². The van der Waals surface area contributed by atoms with Crippen LogP contribution in [0.3, 0.4) is 0 Å². The van der Waals surface area contributed by atoms with Gasteiger partial charge in [-0.1, -0.05) is 0 Å². The fourth-order valence-electron chi connectivity index (χ4n) is 2.16. The van der Waals surface area contributed by atoms with E-state index in [0.29, 0.717) is 0 Å². The molecule has 27 heavy (non-hydrogen) atoms. The molecule has 0 spiro atoms. The molecule has 0 saturated carbocycles. The summed E-state index contributed by atoms with van der Waals surface area (Å²) >= 11 is 0. The predicted molar refractivity (Wildman–Crippen MR) is 89.3 cm³/mol. The van der Waals surface area contributed by atoms with Gasteiger partial charge in [-0.3, -0.25) is 4.57 Å². The second-order valence-electron chi connectivity index (χ2n) is 4.94. The number of carbonyl (C=O) groups is 3. The van der Waals surface area contributed by atoms with Crippen molar-refractivity contribution in [3.05, 3.63) is 53.7 Å². The summed E-state index contributed by atoms with van der Waals surface area (Å²) in [5.41, 5.74) is -1.10. The van der Waals surface area contributed by atoms with Crippen LogP contribution >= 0.6 is 7.14 Å². The fraction of sp³-hybridized carbons (Fsp3) is 0. The summed E-state index contributed by atoms with van der Waals surface area (Å²) in [4.78, 5) is 33.0. The van der Waals surface area contributed by atoms with Crippen LogP contribution in [0.25, 0.3) is 0 Å². The topological polar surface area (TPSA) is 168 Å². The van der Waals surface area contributed by atoms with Crippen LogP contribution in [0.5, 0.6) is 0 Å². The van der Waals surface area contributed by atoms with Gasteiger partial charge in [0, 0.05) is 29.6 Å². The average molecular weight is 403 g/mol. The van der Waals surface area contributed by atoms with Gasteiger partial charge in [0.05, 0.1) is 0 Å². The zero-order chi connectivity index (χ0) is 19.1. The molecule has 135 valence electrons. The molecule has 0 bridgehead atoms. The summed E-state index contributed by atoms with van der Waals surface area (Å²) in [6, 6.07) is 6.47. The maximum atomic E-state index is 13.7. The molecular formula is C15H9NaO10P. The van der Waals surface area contributed by atoms with Crippen molar-refractivity contribution < 1.29 is 47.5 Å². The van der Waals surface area contributed by atoms with E-state index < -0.39 is 42.3 Å². The molecule has 3 aromatic heterocycles. The van der Waals surface area contributed by atoms with E-state index >= 15 is 0 Å². The second-order valence-corrected chi connectivity index (χ2v) is 7.48. The average Bonchev–Trinajstić information content (AvgIpc) is 3.33. The normalized spacial score (nSPS) is 11.0. The Hall–Kier alpha value is -2.52. The minimum absolute atomic E-state index is 0. The van der Waals surface area contributed by atoms with Crippen molar-refractivity contribution in [2.24, 2.45) is 0 Å². The number of furan rings is 3. The number of hydrogen-bond acceptors (Lipinski definition) is 7. The summed E-state index contributed by atoms with van der Waals surface area (Å²) in [5.74, 6) is -5.81. The number of carboxylic acids is 3. The Morgan fingerprint density at radius 1 is 0.630 bits per heavy atom. The largest absolute Gasteiger partial charge is 0.475 e. The SMILES string of the molecule is O=C(O)c1ccc(P(=O)(c2ccc(C(=O)O)o2)c2ccc(C(=O)O)o2)o1.[Na]. The van der Waals surface area contributed by atoms with Crippen LogP contribution in [-0.2, 0) is 4.57 Å². The Kier molecular flexibility index (Phi) is 5.86. The molecule has 12 heteroatoms. The van der Waals surface area contributed by atoms with Crippen LogP contribution in [0.4, 0.5) is 0 Å². The van der Waals surface area contributed by atoms with Crippen LogP contribution in [0.15, 0.2) is 49.6 Å². The van der Waals surface area contributed by atoms with Gasteiger partial charge in [0.1, 0.15) is 0 Å².